The first-order valence-electron chi connectivity index (χ1n) is 7.50. The predicted molar refractivity (Wildman–Crippen MR) is 90.2 cm³/mol. The van der Waals surface area contributed by atoms with Crippen LogP contribution >= 0.6 is 0 Å². The number of fused-ring (bicyclic) bond motifs is 1. The van der Waals surface area contributed by atoms with Crippen LogP contribution in [0.3, 0.4) is 0 Å². The minimum atomic E-state index is -0.439. The highest BCUT2D eigenvalue weighted by atomic mass is 16.5. The van der Waals surface area contributed by atoms with Crippen molar-refractivity contribution < 1.29 is 28.5 Å². The van der Waals surface area contributed by atoms with E-state index in [0.717, 1.165) is 5.56 Å². The number of ether oxygens (including phenoxy) is 4. The lowest BCUT2D eigenvalue weighted by molar-refractivity contribution is -0.131. The monoisotopic (exact) mass is 340 g/mol. The van der Waals surface area contributed by atoms with Crippen molar-refractivity contribution in [1.29, 1.82) is 0 Å². The molecule has 6 heteroatoms. The molecule has 1 aliphatic heterocycles. The van der Waals surface area contributed by atoms with E-state index in [4.69, 9.17) is 18.9 Å². The van der Waals surface area contributed by atoms with Crippen LogP contribution < -0.4 is 18.9 Å². The fraction of sp³-hybridized carbons (Fsp3) is 0.158. The largest absolute Gasteiger partial charge is 0.493 e. The van der Waals surface area contributed by atoms with Gasteiger partial charge in [-0.25, -0.2) is 0 Å². The molecule has 0 spiro atoms. The molecule has 0 radical (unpaired) electrons. The normalized spacial score (nSPS) is 14.0. The van der Waals surface area contributed by atoms with Gasteiger partial charge < -0.3 is 18.9 Å². The Morgan fingerprint density at radius 3 is 2.48 bits per heavy atom. The van der Waals surface area contributed by atoms with Crippen molar-refractivity contribution in [2.45, 2.75) is 6.92 Å². The summed E-state index contributed by atoms with van der Waals surface area (Å²) in [5.41, 5.74) is 1.15. The number of carbonyl (C=O) groups excluding carboxylic acids is 2. The second kappa shape index (κ2) is 6.68. The van der Waals surface area contributed by atoms with Crippen LogP contribution in [-0.4, -0.2) is 26.0 Å². The molecule has 0 amide bonds. The van der Waals surface area contributed by atoms with E-state index >= 15 is 0 Å². The molecule has 0 aliphatic carbocycles. The molecule has 0 saturated carbocycles. The highest BCUT2D eigenvalue weighted by Crippen LogP contribution is 2.35. The van der Waals surface area contributed by atoms with E-state index in [1.807, 2.05) is 0 Å². The summed E-state index contributed by atoms with van der Waals surface area (Å²) in [6.07, 6.45) is 1.62. The number of hydrogen-bond acceptors (Lipinski definition) is 6. The zero-order valence-electron chi connectivity index (χ0n) is 14.0. The van der Waals surface area contributed by atoms with Crippen molar-refractivity contribution in [3.63, 3.8) is 0 Å². The molecule has 0 unspecified atom stereocenters. The third-order valence-corrected chi connectivity index (χ3v) is 3.61. The molecule has 3 rings (SSSR count). The highest BCUT2D eigenvalue weighted by Gasteiger charge is 2.28. The second-order valence-corrected chi connectivity index (χ2v) is 5.31. The summed E-state index contributed by atoms with van der Waals surface area (Å²) >= 11 is 0. The van der Waals surface area contributed by atoms with Crippen LogP contribution in [0.25, 0.3) is 6.08 Å². The smallest absolute Gasteiger partial charge is 0.308 e. The van der Waals surface area contributed by atoms with E-state index in [9.17, 15) is 9.59 Å². The Morgan fingerprint density at radius 2 is 1.80 bits per heavy atom. The van der Waals surface area contributed by atoms with Gasteiger partial charge in [0, 0.05) is 13.0 Å². The third kappa shape index (κ3) is 3.33. The van der Waals surface area contributed by atoms with Gasteiger partial charge in [0.2, 0.25) is 5.78 Å². The van der Waals surface area contributed by atoms with Gasteiger partial charge in [-0.2, -0.15) is 0 Å². The first-order valence-corrected chi connectivity index (χ1v) is 7.50. The highest BCUT2D eigenvalue weighted by molar-refractivity contribution is 6.14. The molecule has 2 aromatic carbocycles. The van der Waals surface area contributed by atoms with Gasteiger partial charge in [-0.05, 0) is 35.9 Å². The van der Waals surface area contributed by atoms with Crippen molar-refractivity contribution in [3.05, 3.63) is 53.3 Å². The minimum absolute atomic E-state index is 0.183. The molecule has 128 valence electrons. The molecule has 6 nitrogen and oxygen atoms in total. The number of rotatable bonds is 4. The molecule has 0 fully saturated rings. The van der Waals surface area contributed by atoms with Crippen LogP contribution in [0.4, 0.5) is 0 Å². The van der Waals surface area contributed by atoms with Gasteiger partial charge in [0.05, 0.1) is 19.8 Å². The zero-order valence-corrected chi connectivity index (χ0v) is 14.0. The van der Waals surface area contributed by atoms with Crippen LogP contribution in [0.1, 0.15) is 22.8 Å². The summed E-state index contributed by atoms with van der Waals surface area (Å²) in [5, 5.41) is 0. The molecule has 2 aromatic rings. The van der Waals surface area contributed by atoms with E-state index < -0.39 is 5.97 Å². The standard InChI is InChI=1S/C19H16O6/c1-11(20)24-13-5-6-14-16(10-13)25-18(19(14)21)9-12-4-7-15(22-2)17(8-12)23-3/h4-10H,1-3H3. The molecule has 0 atom stereocenters. The van der Waals surface area contributed by atoms with Gasteiger partial charge >= 0.3 is 5.97 Å². The van der Waals surface area contributed by atoms with Crippen molar-refractivity contribution in [3.8, 4) is 23.0 Å². The Kier molecular flexibility index (Phi) is 4.43. The van der Waals surface area contributed by atoms with Crippen LogP contribution in [0.2, 0.25) is 0 Å². The molecule has 1 heterocycles. The molecule has 0 aromatic heterocycles. The van der Waals surface area contributed by atoms with Crippen molar-refractivity contribution in [1.82, 2.24) is 0 Å². The number of esters is 1. The van der Waals surface area contributed by atoms with Gasteiger partial charge in [-0.15, -0.1) is 0 Å². The summed E-state index contributed by atoms with van der Waals surface area (Å²) in [4.78, 5) is 23.5. The van der Waals surface area contributed by atoms with Gasteiger partial charge in [0.15, 0.2) is 17.3 Å². The first kappa shape index (κ1) is 16.6. The van der Waals surface area contributed by atoms with Crippen LogP contribution in [0.5, 0.6) is 23.0 Å². The van der Waals surface area contributed by atoms with E-state index in [1.165, 1.54) is 13.0 Å². The summed E-state index contributed by atoms with van der Waals surface area (Å²) in [6.45, 7) is 1.31. The lowest BCUT2D eigenvalue weighted by Gasteiger charge is -2.08. The maximum Gasteiger partial charge on any atom is 0.308 e. The number of benzene rings is 2. The Bertz CT molecular complexity index is 881. The Hall–Kier alpha value is -3.28. The Labute approximate surface area is 144 Å². The Morgan fingerprint density at radius 1 is 1.04 bits per heavy atom. The van der Waals surface area contributed by atoms with Crippen LogP contribution in [-0.2, 0) is 4.79 Å². The number of carbonyl (C=O) groups is 2. The van der Waals surface area contributed by atoms with Crippen LogP contribution in [0, 0.1) is 0 Å². The van der Waals surface area contributed by atoms with E-state index in [2.05, 4.69) is 0 Å². The summed E-state index contributed by atoms with van der Waals surface area (Å²) < 4.78 is 21.1. The number of hydrogen-bond donors (Lipinski definition) is 0. The average molecular weight is 340 g/mol. The van der Waals surface area contributed by atoms with Crippen LogP contribution in [0.15, 0.2) is 42.2 Å². The fourth-order valence-electron chi connectivity index (χ4n) is 2.49. The fourth-order valence-corrected chi connectivity index (χ4v) is 2.49. The summed E-state index contributed by atoms with van der Waals surface area (Å²) in [6, 6.07) is 9.93. The van der Waals surface area contributed by atoms with E-state index in [-0.39, 0.29) is 11.5 Å². The maximum atomic E-state index is 12.5. The second-order valence-electron chi connectivity index (χ2n) is 5.31. The molecular formula is C19H16O6. The predicted octanol–water partition coefficient (Wildman–Crippen LogP) is 3.25. The van der Waals surface area contributed by atoms with Gasteiger partial charge in [-0.1, -0.05) is 6.07 Å². The average Bonchev–Trinajstić information content (AvgIpc) is 2.89. The van der Waals surface area contributed by atoms with Crippen molar-refractivity contribution in [2.24, 2.45) is 0 Å². The van der Waals surface area contributed by atoms with Gasteiger partial charge in [0.25, 0.3) is 0 Å². The minimum Gasteiger partial charge on any atom is -0.493 e. The Balaban J connectivity index is 1.90. The summed E-state index contributed by atoms with van der Waals surface area (Å²) in [7, 11) is 3.09. The van der Waals surface area contributed by atoms with Crippen molar-refractivity contribution >= 4 is 17.8 Å². The summed E-state index contributed by atoms with van der Waals surface area (Å²) in [5.74, 6) is 1.34. The molecule has 0 saturated heterocycles. The lowest BCUT2D eigenvalue weighted by atomic mass is 10.1. The first-order chi connectivity index (χ1) is 12.0. The SMILES string of the molecule is COc1ccc(C=C2Oc3cc(OC(C)=O)ccc3C2=O)cc1OC. The zero-order chi connectivity index (χ0) is 18.0. The van der Waals surface area contributed by atoms with E-state index in [1.54, 1.807) is 50.6 Å². The van der Waals surface area contributed by atoms with Gasteiger partial charge in [-0.3, -0.25) is 9.59 Å². The molecule has 25 heavy (non-hydrogen) atoms. The van der Waals surface area contributed by atoms with Crippen molar-refractivity contribution in [2.75, 3.05) is 14.2 Å². The number of Topliss-reactive ketones (excluding diaryl/α,β-unsaturated/α-hetero) is 1. The number of methoxy groups -OCH3 is 2. The third-order valence-electron chi connectivity index (χ3n) is 3.61. The molecule has 1 aliphatic rings. The van der Waals surface area contributed by atoms with Gasteiger partial charge in [0.1, 0.15) is 11.5 Å². The number of ketones is 1. The molecule has 0 N–H and O–H groups in total. The number of allylic oxidation sites excluding steroid dienone is 1. The quantitative estimate of drug-likeness (QED) is 0.483. The van der Waals surface area contributed by atoms with E-state index in [0.29, 0.717) is 28.6 Å². The molecule has 0 bridgehead atoms. The topological polar surface area (TPSA) is 71.1 Å². The molecular weight excluding hydrogens is 324 g/mol. The maximum absolute atomic E-state index is 12.5. The lowest BCUT2D eigenvalue weighted by Crippen LogP contribution is -2.01.